The highest BCUT2D eigenvalue weighted by Crippen LogP contribution is 2.28. The van der Waals surface area contributed by atoms with Crippen molar-refractivity contribution in [1.82, 2.24) is 4.98 Å². The maximum atomic E-state index is 5.73. The van der Waals surface area contributed by atoms with Crippen LogP contribution in [0.1, 0.15) is 19.4 Å². The summed E-state index contributed by atoms with van der Waals surface area (Å²) in [7, 11) is 1.64. The number of hydrogen-bond donors (Lipinski definition) is 0. The fourth-order valence-corrected chi connectivity index (χ4v) is 1.72. The largest absolute Gasteiger partial charge is 0.493 e. The van der Waals surface area contributed by atoms with E-state index in [0.29, 0.717) is 18.3 Å². The first-order chi connectivity index (χ1) is 10.2. The van der Waals surface area contributed by atoms with Gasteiger partial charge in [-0.2, -0.15) is 0 Å². The molecule has 4 heteroatoms. The van der Waals surface area contributed by atoms with Gasteiger partial charge in [0.25, 0.3) is 0 Å². The molecule has 0 aliphatic heterocycles. The van der Waals surface area contributed by atoms with Crippen LogP contribution in [0.15, 0.2) is 47.7 Å². The van der Waals surface area contributed by atoms with Crippen molar-refractivity contribution in [2.24, 2.45) is 10.9 Å². The molecule has 0 saturated carbocycles. The first-order valence-electron chi connectivity index (χ1n) is 6.94. The highest BCUT2D eigenvalue weighted by molar-refractivity contribution is 5.83. The lowest BCUT2D eigenvalue weighted by Crippen LogP contribution is -2.05. The molecular weight excluding hydrogens is 264 g/mol. The Bertz CT molecular complexity index is 595. The molecule has 0 aliphatic carbocycles. The van der Waals surface area contributed by atoms with Crippen molar-refractivity contribution in [3.05, 3.63) is 48.3 Å². The number of benzene rings is 1. The van der Waals surface area contributed by atoms with Crippen molar-refractivity contribution in [3.8, 4) is 11.5 Å². The third kappa shape index (κ3) is 4.60. The molecule has 0 N–H and O–H groups in total. The van der Waals surface area contributed by atoms with Crippen molar-refractivity contribution in [2.45, 2.75) is 13.8 Å². The third-order valence-electron chi connectivity index (χ3n) is 2.77. The van der Waals surface area contributed by atoms with Crippen LogP contribution in [0.5, 0.6) is 11.5 Å². The van der Waals surface area contributed by atoms with Gasteiger partial charge >= 0.3 is 0 Å². The minimum Gasteiger partial charge on any atom is -0.493 e. The van der Waals surface area contributed by atoms with Gasteiger partial charge in [0.15, 0.2) is 11.5 Å². The molecule has 0 unspecified atom stereocenters. The van der Waals surface area contributed by atoms with E-state index in [1.807, 2.05) is 30.3 Å². The molecule has 0 atom stereocenters. The lowest BCUT2D eigenvalue weighted by molar-refractivity contribution is 0.257. The van der Waals surface area contributed by atoms with Gasteiger partial charge < -0.3 is 9.47 Å². The molecule has 4 nitrogen and oxygen atoms in total. The summed E-state index contributed by atoms with van der Waals surface area (Å²) in [6.45, 7) is 4.89. The van der Waals surface area contributed by atoms with E-state index in [9.17, 15) is 0 Å². The van der Waals surface area contributed by atoms with E-state index in [2.05, 4.69) is 23.8 Å². The van der Waals surface area contributed by atoms with Crippen LogP contribution in [0.25, 0.3) is 0 Å². The second kappa shape index (κ2) is 7.43. The monoisotopic (exact) mass is 284 g/mol. The van der Waals surface area contributed by atoms with Crippen molar-refractivity contribution >= 4 is 11.9 Å². The van der Waals surface area contributed by atoms with E-state index in [1.54, 1.807) is 25.7 Å². The number of hydrogen-bond acceptors (Lipinski definition) is 4. The molecule has 1 aromatic carbocycles. The molecule has 0 spiro atoms. The molecule has 1 heterocycles. The Balaban J connectivity index is 2.13. The molecule has 0 fully saturated rings. The summed E-state index contributed by atoms with van der Waals surface area (Å²) < 4.78 is 11.1. The average molecular weight is 284 g/mol. The van der Waals surface area contributed by atoms with Crippen molar-refractivity contribution in [2.75, 3.05) is 13.7 Å². The highest BCUT2D eigenvalue weighted by atomic mass is 16.5. The minimum absolute atomic E-state index is 0.474. The molecule has 2 aromatic rings. The number of ether oxygens (including phenoxy) is 2. The molecule has 0 amide bonds. The lowest BCUT2D eigenvalue weighted by Gasteiger charge is -2.12. The Hall–Kier alpha value is -2.36. The molecule has 0 radical (unpaired) electrons. The summed E-state index contributed by atoms with van der Waals surface area (Å²) in [5.74, 6) is 1.94. The average Bonchev–Trinajstić information content (AvgIpc) is 2.52. The van der Waals surface area contributed by atoms with Gasteiger partial charge in [0, 0.05) is 12.4 Å². The van der Waals surface area contributed by atoms with Crippen molar-refractivity contribution < 1.29 is 9.47 Å². The molecule has 2 rings (SSSR count). The fourth-order valence-electron chi connectivity index (χ4n) is 1.72. The summed E-state index contributed by atoms with van der Waals surface area (Å²) in [6, 6.07) is 9.54. The van der Waals surface area contributed by atoms with Gasteiger partial charge in [-0.1, -0.05) is 13.8 Å². The number of aromatic nitrogens is 1. The summed E-state index contributed by atoms with van der Waals surface area (Å²) >= 11 is 0. The number of nitrogens with zero attached hydrogens (tertiary/aromatic N) is 2. The van der Waals surface area contributed by atoms with Gasteiger partial charge in [0.2, 0.25) is 0 Å². The second-order valence-electron chi connectivity index (χ2n) is 5.08. The fraction of sp³-hybridized carbons (Fsp3) is 0.294. The Morgan fingerprint density at radius 2 is 2.10 bits per heavy atom. The molecule has 0 saturated heterocycles. The number of rotatable bonds is 6. The summed E-state index contributed by atoms with van der Waals surface area (Å²) in [6.07, 6.45) is 5.22. The zero-order valence-corrected chi connectivity index (χ0v) is 12.6. The van der Waals surface area contributed by atoms with Gasteiger partial charge in [0.05, 0.1) is 25.6 Å². The third-order valence-corrected chi connectivity index (χ3v) is 2.77. The van der Waals surface area contributed by atoms with Crippen LogP contribution in [0, 0.1) is 5.92 Å². The van der Waals surface area contributed by atoms with E-state index in [-0.39, 0.29) is 0 Å². The first kappa shape index (κ1) is 15.0. The maximum absolute atomic E-state index is 5.73. The van der Waals surface area contributed by atoms with E-state index in [1.165, 1.54) is 0 Å². The van der Waals surface area contributed by atoms with Crippen LogP contribution in [-0.2, 0) is 0 Å². The lowest BCUT2D eigenvalue weighted by atomic mass is 10.2. The number of pyridine rings is 1. The minimum atomic E-state index is 0.474. The molecule has 0 aliphatic rings. The van der Waals surface area contributed by atoms with Crippen LogP contribution >= 0.6 is 0 Å². The Morgan fingerprint density at radius 1 is 1.24 bits per heavy atom. The summed E-state index contributed by atoms with van der Waals surface area (Å²) in [4.78, 5) is 8.40. The van der Waals surface area contributed by atoms with Crippen LogP contribution < -0.4 is 9.47 Å². The van der Waals surface area contributed by atoms with Gasteiger partial charge in [-0.25, -0.2) is 0 Å². The van der Waals surface area contributed by atoms with Gasteiger partial charge in [-0.05, 0) is 41.8 Å². The van der Waals surface area contributed by atoms with E-state index in [4.69, 9.17) is 9.47 Å². The molecule has 1 aromatic heterocycles. The Labute approximate surface area is 125 Å². The van der Waals surface area contributed by atoms with Crippen LogP contribution in [0.3, 0.4) is 0 Å². The van der Waals surface area contributed by atoms with Gasteiger partial charge in [0.1, 0.15) is 0 Å². The smallest absolute Gasteiger partial charge is 0.161 e. The topological polar surface area (TPSA) is 43.7 Å². The van der Waals surface area contributed by atoms with Crippen molar-refractivity contribution in [1.29, 1.82) is 0 Å². The number of methoxy groups -OCH3 is 1. The van der Waals surface area contributed by atoms with Crippen LogP contribution in [-0.4, -0.2) is 24.9 Å². The van der Waals surface area contributed by atoms with E-state index < -0.39 is 0 Å². The summed E-state index contributed by atoms with van der Waals surface area (Å²) in [5, 5.41) is 0. The summed E-state index contributed by atoms with van der Waals surface area (Å²) in [5.41, 5.74) is 1.77. The van der Waals surface area contributed by atoms with Crippen LogP contribution in [0.2, 0.25) is 0 Å². The SMILES string of the molecule is COc1cc(C=Nc2cccnc2)ccc1OCC(C)C. The first-order valence-corrected chi connectivity index (χ1v) is 6.94. The molecule has 21 heavy (non-hydrogen) atoms. The quantitative estimate of drug-likeness (QED) is 0.756. The van der Waals surface area contributed by atoms with Crippen molar-refractivity contribution in [3.63, 3.8) is 0 Å². The zero-order valence-electron chi connectivity index (χ0n) is 12.6. The van der Waals surface area contributed by atoms with E-state index >= 15 is 0 Å². The standard InChI is InChI=1S/C17H20N2O2/c1-13(2)12-21-16-7-6-14(9-17(16)20-3)10-19-15-5-4-8-18-11-15/h4-11,13H,12H2,1-3H3. The second-order valence-corrected chi connectivity index (χ2v) is 5.08. The van der Waals surface area contributed by atoms with E-state index in [0.717, 1.165) is 17.0 Å². The zero-order chi connectivity index (χ0) is 15.1. The van der Waals surface area contributed by atoms with Crippen LogP contribution in [0.4, 0.5) is 5.69 Å². The normalized spacial score (nSPS) is 11.0. The number of aliphatic imine (C=N–C) groups is 1. The Kier molecular flexibility index (Phi) is 5.32. The van der Waals surface area contributed by atoms with Gasteiger partial charge in [-0.15, -0.1) is 0 Å². The molecule has 0 bridgehead atoms. The predicted octanol–water partition coefficient (Wildman–Crippen LogP) is 3.88. The highest BCUT2D eigenvalue weighted by Gasteiger charge is 2.06. The predicted molar refractivity (Wildman–Crippen MR) is 84.8 cm³/mol. The molecule has 110 valence electrons. The van der Waals surface area contributed by atoms with Gasteiger partial charge in [-0.3, -0.25) is 9.98 Å². The molecular formula is C17H20N2O2. The Morgan fingerprint density at radius 3 is 2.76 bits per heavy atom. The maximum Gasteiger partial charge on any atom is 0.161 e.